The van der Waals surface area contributed by atoms with Crippen LogP contribution in [0.1, 0.15) is 32.6 Å². The zero-order valence-electron chi connectivity index (χ0n) is 15.5. The molecule has 1 saturated heterocycles. The van der Waals surface area contributed by atoms with Crippen molar-refractivity contribution in [2.24, 2.45) is 5.92 Å². The van der Waals surface area contributed by atoms with E-state index in [1.807, 2.05) is 37.3 Å². The van der Waals surface area contributed by atoms with E-state index in [-0.39, 0.29) is 31.3 Å². The molecule has 3 atom stereocenters. The Labute approximate surface area is 159 Å². The van der Waals surface area contributed by atoms with Crippen molar-refractivity contribution in [1.29, 1.82) is 0 Å². The number of hydrogen-bond donors (Lipinski definition) is 2. The molecule has 1 aromatic rings. The number of ether oxygens (including phenoxy) is 3. The summed E-state index contributed by atoms with van der Waals surface area (Å²) >= 11 is 0. The molecule has 148 valence electrons. The van der Waals surface area contributed by atoms with Gasteiger partial charge in [0.15, 0.2) is 6.29 Å². The fourth-order valence-corrected chi connectivity index (χ4v) is 2.75. The lowest BCUT2D eigenvalue weighted by molar-refractivity contribution is -0.233. The van der Waals surface area contributed by atoms with E-state index in [0.29, 0.717) is 25.1 Å². The SMILES string of the molecule is CC1OCC(C/C=C\CCCC(=O)O)C(COC(=O)Nc2ccccc2)O1. The van der Waals surface area contributed by atoms with Crippen LogP contribution in [0, 0.1) is 5.92 Å². The number of anilines is 1. The third kappa shape index (κ3) is 8.23. The maximum atomic E-state index is 11.9. The molecule has 7 heteroatoms. The zero-order valence-corrected chi connectivity index (χ0v) is 15.5. The molecule has 3 unspecified atom stereocenters. The van der Waals surface area contributed by atoms with Crippen molar-refractivity contribution in [3.63, 3.8) is 0 Å². The molecule has 0 saturated carbocycles. The number of para-hydroxylation sites is 1. The Morgan fingerprint density at radius 2 is 2.07 bits per heavy atom. The van der Waals surface area contributed by atoms with E-state index < -0.39 is 12.1 Å². The number of hydrogen-bond acceptors (Lipinski definition) is 5. The van der Waals surface area contributed by atoms with Gasteiger partial charge in [-0.3, -0.25) is 10.1 Å². The van der Waals surface area contributed by atoms with Crippen molar-refractivity contribution in [3.8, 4) is 0 Å². The highest BCUT2D eigenvalue weighted by Crippen LogP contribution is 2.23. The monoisotopic (exact) mass is 377 g/mol. The standard InChI is InChI=1S/C20H27NO6/c1-15-25-13-16(9-5-2-3-8-12-19(22)23)18(27-15)14-26-20(24)21-17-10-6-4-7-11-17/h2,4-7,10-11,15-16,18H,3,8-9,12-14H2,1H3,(H,21,24)(H,22,23)/b5-2-. The molecule has 1 amide bonds. The topological polar surface area (TPSA) is 94.1 Å². The van der Waals surface area contributed by atoms with Crippen LogP contribution in [0.3, 0.4) is 0 Å². The van der Waals surface area contributed by atoms with Crippen molar-refractivity contribution >= 4 is 17.7 Å². The summed E-state index contributed by atoms with van der Waals surface area (Å²) in [4.78, 5) is 22.4. The van der Waals surface area contributed by atoms with Gasteiger partial charge in [0, 0.05) is 18.0 Å². The second-order valence-electron chi connectivity index (χ2n) is 6.42. The highest BCUT2D eigenvalue weighted by Gasteiger charge is 2.30. The second kappa shape index (κ2) is 11.4. The number of carboxylic acids is 1. The van der Waals surface area contributed by atoms with Crippen LogP contribution in [-0.2, 0) is 19.0 Å². The van der Waals surface area contributed by atoms with Crippen LogP contribution in [0.25, 0.3) is 0 Å². The van der Waals surface area contributed by atoms with Crippen LogP contribution in [0.15, 0.2) is 42.5 Å². The number of allylic oxidation sites excluding steroid dienone is 2. The fourth-order valence-electron chi connectivity index (χ4n) is 2.75. The summed E-state index contributed by atoms with van der Waals surface area (Å²) in [5.41, 5.74) is 0.671. The molecule has 0 aliphatic carbocycles. The van der Waals surface area contributed by atoms with E-state index in [1.54, 1.807) is 12.1 Å². The Hall–Kier alpha value is -2.38. The summed E-state index contributed by atoms with van der Waals surface area (Å²) in [6.45, 7) is 2.48. The quantitative estimate of drug-likeness (QED) is 0.502. The Morgan fingerprint density at radius 1 is 1.30 bits per heavy atom. The lowest BCUT2D eigenvalue weighted by Gasteiger charge is -2.34. The number of benzene rings is 1. The third-order valence-corrected chi connectivity index (χ3v) is 4.20. The van der Waals surface area contributed by atoms with Gasteiger partial charge >= 0.3 is 12.1 Å². The number of carbonyl (C=O) groups is 2. The lowest BCUT2D eigenvalue weighted by atomic mass is 9.98. The molecule has 2 rings (SSSR count). The van der Waals surface area contributed by atoms with Gasteiger partial charge in [-0.15, -0.1) is 0 Å². The van der Waals surface area contributed by atoms with Crippen molar-refractivity contribution in [2.75, 3.05) is 18.5 Å². The number of carbonyl (C=O) groups excluding carboxylic acids is 1. The molecular weight excluding hydrogens is 350 g/mol. The first-order valence-electron chi connectivity index (χ1n) is 9.17. The van der Waals surface area contributed by atoms with Crippen LogP contribution in [0.4, 0.5) is 10.5 Å². The molecule has 1 fully saturated rings. The molecule has 1 heterocycles. The summed E-state index contributed by atoms with van der Waals surface area (Å²) in [7, 11) is 0. The van der Waals surface area contributed by atoms with Gasteiger partial charge in [0.2, 0.25) is 0 Å². The minimum Gasteiger partial charge on any atom is -0.481 e. The van der Waals surface area contributed by atoms with Crippen LogP contribution >= 0.6 is 0 Å². The minimum atomic E-state index is -0.780. The fraction of sp³-hybridized carbons (Fsp3) is 0.500. The molecule has 0 aromatic heterocycles. The van der Waals surface area contributed by atoms with Crippen molar-refractivity contribution in [2.45, 2.75) is 45.0 Å². The van der Waals surface area contributed by atoms with E-state index in [2.05, 4.69) is 5.32 Å². The number of amides is 1. The van der Waals surface area contributed by atoms with Gasteiger partial charge in [-0.2, -0.15) is 0 Å². The van der Waals surface area contributed by atoms with Gasteiger partial charge in [-0.25, -0.2) is 4.79 Å². The molecule has 2 N–H and O–H groups in total. The van der Waals surface area contributed by atoms with Crippen LogP contribution in [0.2, 0.25) is 0 Å². The van der Waals surface area contributed by atoms with Gasteiger partial charge in [0.05, 0.1) is 6.61 Å². The smallest absolute Gasteiger partial charge is 0.411 e. The van der Waals surface area contributed by atoms with Gasteiger partial charge < -0.3 is 19.3 Å². The van der Waals surface area contributed by atoms with Crippen LogP contribution in [-0.4, -0.2) is 42.8 Å². The van der Waals surface area contributed by atoms with Crippen molar-refractivity contribution in [3.05, 3.63) is 42.5 Å². The van der Waals surface area contributed by atoms with Gasteiger partial charge in [-0.05, 0) is 38.3 Å². The highest BCUT2D eigenvalue weighted by molar-refractivity contribution is 5.84. The summed E-state index contributed by atoms with van der Waals surface area (Å²) in [6.07, 6.45) is 5.09. The van der Waals surface area contributed by atoms with Crippen LogP contribution in [0.5, 0.6) is 0 Å². The van der Waals surface area contributed by atoms with Gasteiger partial charge in [0.1, 0.15) is 12.7 Å². The largest absolute Gasteiger partial charge is 0.481 e. The Bertz CT molecular complexity index is 618. The average molecular weight is 377 g/mol. The Kier molecular flexibility index (Phi) is 8.80. The van der Waals surface area contributed by atoms with E-state index in [9.17, 15) is 9.59 Å². The molecule has 0 spiro atoms. The van der Waals surface area contributed by atoms with Crippen molar-refractivity contribution in [1.82, 2.24) is 0 Å². The zero-order chi connectivity index (χ0) is 19.5. The second-order valence-corrected chi connectivity index (χ2v) is 6.42. The van der Waals surface area contributed by atoms with E-state index in [0.717, 1.165) is 6.42 Å². The summed E-state index contributed by atoms with van der Waals surface area (Å²) < 4.78 is 16.6. The minimum absolute atomic E-state index is 0.0708. The van der Waals surface area contributed by atoms with E-state index >= 15 is 0 Å². The summed E-state index contributed by atoms with van der Waals surface area (Å²) in [5, 5.41) is 11.3. The number of nitrogens with one attached hydrogen (secondary N) is 1. The lowest BCUT2D eigenvalue weighted by Crippen LogP contribution is -2.42. The third-order valence-electron chi connectivity index (χ3n) is 4.20. The van der Waals surface area contributed by atoms with Gasteiger partial charge in [0.25, 0.3) is 0 Å². The molecule has 1 aromatic carbocycles. The maximum Gasteiger partial charge on any atom is 0.411 e. The molecular formula is C20H27NO6. The Morgan fingerprint density at radius 3 is 2.81 bits per heavy atom. The molecule has 0 bridgehead atoms. The van der Waals surface area contributed by atoms with Crippen LogP contribution < -0.4 is 5.32 Å². The van der Waals surface area contributed by atoms with E-state index in [1.165, 1.54) is 0 Å². The number of rotatable bonds is 9. The predicted octanol–water partition coefficient (Wildman–Crippen LogP) is 3.81. The molecule has 27 heavy (non-hydrogen) atoms. The Balaban J connectivity index is 1.76. The molecule has 1 aliphatic heterocycles. The first-order valence-corrected chi connectivity index (χ1v) is 9.17. The summed E-state index contributed by atoms with van der Waals surface area (Å²) in [5.74, 6) is -0.709. The summed E-state index contributed by atoms with van der Waals surface area (Å²) in [6, 6.07) is 9.10. The van der Waals surface area contributed by atoms with Crippen molar-refractivity contribution < 1.29 is 28.9 Å². The normalized spacial score (nSPS) is 22.5. The number of unbranched alkanes of at least 4 members (excludes halogenated alkanes) is 1. The average Bonchev–Trinajstić information content (AvgIpc) is 2.64. The predicted molar refractivity (Wildman–Crippen MR) is 100 cm³/mol. The van der Waals surface area contributed by atoms with E-state index in [4.69, 9.17) is 19.3 Å². The molecule has 7 nitrogen and oxygen atoms in total. The first kappa shape index (κ1) is 20.9. The molecule has 0 radical (unpaired) electrons. The maximum absolute atomic E-state index is 11.9. The highest BCUT2D eigenvalue weighted by atomic mass is 16.7. The number of carboxylic acid groups (broad SMARTS) is 1. The van der Waals surface area contributed by atoms with Gasteiger partial charge in [-0.1, -0.05) is 30.4 Å². The molecule has 1 aliphatic rings. The number of aliphatic carboxylic acids is 1. The first-order chi connectivity index (χ1) is 13.0.